The Labute approximate surface area is 110 Å². The summed E-state index contributed by atoms with van der Waals surface area (Å²) in [6.45, 7) is 2.42. The number of amides is 1. The van der Waals surface area contributed by atoms with Crippen molar-refractivity contribution in [2.75, 3.05) is 6.54 Å². The summed E-state index contributed by atoms with van der Waals surface area (Å²) < 4.78 is 1.16. The maximum absolute atomic E-state index is 11.3. The van der Waals surface area contributed by atoms with Gasteiger partial charge in [-0.05, 0) is 53.9 Å². The minimum atomic E-state index is -0.0696. The fraction of sp³-hybridized carbons (Fsp3) is 0.214. The number of benzene rings is 1. The average molecular weight is 261 g/mol. The molecule has 1 aromatic heterocycles. The quantitative estimate of drug-likeness (QED) is 0.831. The number of hydrogen-bond donors (Lipinski definition) is 2. The largest absolute Gasteiger partial charge is 0.508 e. The summed E-state index contributed by atoms with van der Waals surface area (Å²) in [6.07, 6.45) is 4.00. The summed E-state index contributed by atoms with van der Waals surface area (Å²) in [5.74, 6) is 0.208. The van der Waals surface area contributed by atoms with Crippen LogP contribution in [-0.2, 0) is 11.2 Å². The molecule has 0 saturated carbocycles. The zero-order chi connectivity index (χ0) is 13.0. The number of carbonyl (C=O) groups excluding carboxylic acids is 1. The lowest BCUT2D eigenvalue weighted by atomic mass is 10.1. The minimum Gasteiger partial charge on any atom is -0.508 e. The molecule has 1 aromatic carbocycles. The van der Waals surface area contributed by atoms with Crippen molar-refractivity contribution in [1.29, 1.82) is 0 Å². The Morgan fingerprint density at radius 3 is 3.11 bits per heavy atom. The Bertz CT molecular complexity index is 586. The van der Waals surface area contributed by atoms with Gasteiger partial charge in [0.1, 0.15) is 5.75 Å². The number of rotatable bonds is 4. The van der Waals surface area contributed by atoms with Crippen LogP contribution in [0.25, 0.3) is 10.1 Å². The summed E-state index contributed by atoms with van der Waals surface area (Å²) in [6, 6.07) is 5.38. The first kappa shape index (κ1) is 12.6. The molecular weight excluding hydrogens is 246 g/mol. The Balaban J connectivity index is 2.04. The van der Waals surface area contributed by atoms with E-state index >= 15 is 0 Å². The highest BCUT2D eigenvalue weighted by Gasteiger charge is 2.05. The van der Waals surface area contributed by atoms with E-state index in [2.05, 4.69) is 10.7 Å². The van der Waals surface area contributed by atoms with Crippen molar-refractivity contribution in [2.45, 2.75) is 13.3 Å². The van der Waals surface area contributed by atoms with Gasteiger partial charge in [-0.25, -0.2) is 0 Å². The fourth-order valence-electron chi connectivity index (χ4n) is 1.79. The van der Waals surface area contributed by atoms with Crippen molar-refractivity contribution in [3.63, 3.8) is 0 Å². The average Bonchev–Trinajstić information content (AvgIpc) is 2.72. The standard InChI is InChI=1S/C14H15NO2S/c1-2-3-14(17)15-7-6-10-9-18-13-5-4-11(16)8-12(10)13/h2-5,8-9,16H,6-7H2,1H3,(H,15,17). The molecule has 0 aliphatic rings. The van der Waals surface area contributed by atoms with E-state index in [1.165, 1.54) is 6.08 Å². The topological polar surface area (TPSA) is 49.3 Å². The van der Waals surface area contributed by atoms with Crippen molar-refractivity contribution in [3.8, 4) is 5.75 Å². The maximum Gasteiger partial charge on any atom is 0.243 e. The highest BCUT2D eigenvalue weighted by Crippen LogP contribution is 2.29. The molecule has 0 bridgehead atoms. The molecule has 2 rings (SSSR count). The van der Waals surface area contributed by atoms with Crippen molar-refractivity contribution in [2.24, 2.45) is 0 Å². The van der Waals surface area contributed by atoms with Gasteiger partial charge in [0.15, 0.2) is 0 Å². The molecular formula is C14H15NO2S. The van der Waals surface area contributed by atoms with Gasteiger partial charge in [0, 0.05) is 11.2 Å². The van der Waals surface area contributed by atoms with Crippen LogP contribution in [0.3, 0.4) is 0 Å². The van der Waals surface area contributed by atoms with Crippen LogP contribution in [0, 0.1) is 0 Å². The zero-order valence-corrected chi connectivity index (χ0v) is 11.0. The van der Waals surface area contributed by atoms with Gasteiger partial charge in [-0.3, -0.25) is 4.79 Å². The second-order valence-electron chi connectivity index (χ2n) is 3.98. The van der Waals surface area contributed by atoms with Crippen molar-refractivity contribution in [3.05, 3.63) is 41.3 Å². The maximum atomic E-state index is 11.3. The van der Waals surface area contributed by atoms with Gasteiger partial charge in [0.05, 0.1) is 0 Å². The van der Waals surface area contributed by atoms with E-state index in [1.807, 2.05) is 13.0 Å². The number of phenols is 1. The van der Waals surface area contributed by atoms with E-state index in [4.69, 9.17) is 0 Å². The lowest BCUT2D eigenvalue weighted by Crippen LogP contribution is -2.23. The smallest absolute Gasteiger partial charge is 0.243 e. The fourth-order valence-corrected chi connectivity index (χ4v) is 2.77. The Morgan fingerprint density at radius 2 is 2.33 bits per heavy atom. The number of aromatic hydroxyl groups is 1. The number of phenolic OH excluding ortho intramolecular Hbond substituents is 1. The van der Waals surface area contributed by atoms with Gasteiger partial charge >= 0.3 is 0 Å². The molecule has 0 aliphatic carbocycles. The molecule has 0 atom stereocenters. The molecule has 18 heavy (non-hydrogen) atoms. The van der Waals surface area contributed by atoms with Crippen LogP contribution in [0.5, 0.6) is 5.75 Å². The first-order chi connectivity index (χ1) is 8.70. The molecule has 3 nitrogen and oxygen atoms in total. The van der Waals surface area contributed by atoms with Crippen LogP contribution < -0.4 is 5.32 Å². The van der Waals surface area contributed by atoms with E-state index in [9.17, 15) is 9.90 Å². The SMILES string of the molecule is CC=CC(=O)NCCc1csc2ccc(O)cc12. The molecule has 0 unspecified atom stereocenters. The van der Waals surface area contributed by atoms with E-state index in [1.54, 1.807) is 29.5 Å². The first-order valence-electron chi connectivity index (χ1n) is 5.80. The van der Waals surface area contributed by atoms with Crippen LogP contribution in [-0.4, -0.2) is 17.6 Å². The van der Waals surface area contributed by atoms with Crippen LogP contribution in [0.15, 0.2) is 35.7 Å². The highest BCUT2D eigenvalue weighted by molar-refractivity contribution is 7.17. The second-order valence-corrected chi connectivity index (χ2v) is 4.89. The van der Waals surface area contributed by atoms with E-state index < -0.39 is 0 Å². The van der Waals surface area contributed by atoms with Crippen LogP contribution >= 0.6 is 11.3 Å². The third kappa shape index (κ3) is 2.90. The van der Waals surface area contributed by atoms with E-state index in [0.29, 0.717) is 6.54 Å². The lowest BCUT2D eigenvalue weighted by Gasteiger charge is -2.02. The zero-order valence-electron chi connectivity index (χ0n) is 10.1. The summed E-state index contributed by atoms with van der Waals surface area (Å²) in [5, 5.41) is 15.4. The van der Waals surface area contributed by atoms with Crippen molar-refractivity contribution in [1.82, 2.24) is 5.32 Å². The third-order valence-corrected chi connectivity index (χ3v) is 3.66. The molecule has 0 fully saturated rings. The number of carbonyl (C=O) groups is 1. The summed E-state index contributed by atoms with van der Waals surface area (Å²) in [4.78, 5) is 11.3. The van der Waals surface area contributed by atoms with Crippen LogP contribution in [0.1, 0.15) is 12.5 Å². The lowest BCUT2D eigenvalue weighted by molar-refractivity contribution is -0.116. The summed E-state index contributed by atoms with van der Waals surface area (Å²) in [5.41, 5.74) is 1.16. The molecule has 2 aromatic rings. The minimum absolute atomic E-state index is 0.0696. The molecule has 1 amide bonds. The third-order valence-electron chi connectivity index (χ3n) is 2.65. The van der Waals surface area contributed by atoms with Gasteiger partial charge in [-0.1, -0.05) is 6.08 Å². The molecule has 2 N–H and O–H groups in total. The Kier molecular flexibility index (Phi) is 3.99. The molecule has 0 aliphatic heterocycles. The number of allylic oxidation sites excluding steroid dienone is 1. The van der Waals surface area contributed by atoms with Gasteiger partial charge in [-0.2, -0.15) is 0 Å². The van der Waals surface area contributed by atoms with Crippen molar-refractivity contribution >= 4 is 27.3 Å². The van der Waals surface area contributed by atoms with Crippen LogP contribution in [0.4, 0.5) is 0 Å². The number of fused-ring (bicyclic) bond motifs is 1. The van der Waals surface area contributed by atoms with Gasteiger partial charge < -0.3 is 10.4 Å². The van der Waals surface area contributed by atoms with Gasteiger partial charge in [-0.15, -0.1) is 11.3 Å². The normalized spacial score (nSPS) is 11.2. The second kappa shape index (κ2) is 5.69. The van der Waals surface area contributed by atoms with Gasteiger partial charge in [0.25, 0.3) is 0 Å². The summed E-state index contributed by atoms with van der Waals surface area (Å²) in [7, 11) is 0. The van der Waals surface area contributed by atoms with E-state index in [0.717, 1.165) is 22.1 Å². The highest BCUT2D eigenvalue weighted by atomic mass is 32.1. The molecule has 0 radical (unpaired) electrons. The Morgan fingerprint density at radius 1 is 1.50 bits per heavy atom. The number of thiophene rings is 1. The molecule has 0 spiro atoms. The van der Waals surface area contributed by atoms with Crippen molar-refractivity contribution < 1.29 is 9.90 Å². The number of hydrogen-bond acceptors (Lipinski definition) is 3. The number of nitrogens with one attached hydrogen (secondary N) is 1. The molecule has 4 heteroatoms. The van der Waals surface area contributed by atoms with Crippen LogP contribution in [0.2, 0.25) is 0 Å². The monoisotopic (exact) mass is 261 g/mol. The first-order valence-corrected chi connectivity index (χ1v) is 6.68. The van der Waals surface area contributed by atoms with Gasteiger partial charge in [0.2, 0.25) is 5.91 Å². The molecule has 94 valence electrons. The summed E-state index contributed by atoms with van der Waals surface area (Å²) >= 11 is 1.65. The van der Waals surface area contributed by atoms with E-state index in [-0.39, 0.29) is 11.7 Å². The predicted molar refractivity (Wildman–Crippen MR) is 75.0 cm³/mol. The molecule has 1 heterocycles. The Hall–Kier alpha value is -1.81. The molecule has 0 saturated heterocycles. The predicted octanol–water partition coefficient (Wildman–Crippen LogP) is 2.84.